The number of rotatable bonds is 4. The molecule has 3 heterocycles. The number of anilines is 1. The van der Waals surface area contributed by atoms with Crippen LogP contribution >= 0.6 is 0 Å². The number of aliphatic hydroxyl groups is 1. The first-order valence-corrected chi connectivity index (χ1v) is 10.4. The number of nitrogens with two attached hydrogens (primary N) is 1. The molecule has 1 saturated heterocycles. The van der Waals surface area contributed by atoms with Crippen LogP contribution in [-0.2, 0) is 16.1 Å². The second-order valence-corrected chi connectivity index (χ2v) is 7.85. The highest BCUT2D eigenvalue weighted by atomic mass is 16.5. The third-order valence-electron chi connectivity index (χ3n) is 5.86. The Morgan fingerprint density at radius 1 is 1.28 bits per heavy atom. The number of aromatic nitrogens is 1. The molecule has 1 aromatic heterocycles. The van der Waals surface area contributed by atoms with Gasteiger partial charge in [-0.3, -0.25) is 19.7 Å². The Morgan fingerprint density at radius 3 is 2.84 bits per heavy atom. The highest BCUT2D eigenvalue weighted by Gasteiger charge is 2.33. The van der Waals surface area contributed by atoms with Gasteiger partial charge in [0.25, 0.3) is 5.91 Å². The quantitative estimate of drug-likeness (QED) is 0.519. The first-order chi connectivity index (χ1) is 15.4. The summed E-state index contributed by atoms with van der Waals surface area (Å²) >= 11 is 0. The standard InChI is InChI=1S/C22H25N5O5/c1-32-21-16(18(23)28)9-14(11-25-21)26-20(30)22(31)27-7-3-2-4-17(27)12-5-6-15-13(8-12)10-24-19(15)29/h5-6,8-9,11,17,19,24,29H,2-4,7,10H2,1H3,(H2,23,28)(H,26,30)/t17-,19?/m0/s1. The number of carbonyl (C=O) groups excluding carboxylic acids is 3. The number of amides is 3. The number of methoxy groups -OCH3 is 1. The van der Waals surface area contributed by atoms with E-state index in [1.165, 1.54) is 19.4 Å². The van der Waals surface area contributed by atoms with Gasteiger partial charge in [0.05, 0.1) is 25.0 Å². The molecule has 3 amide bonds. The van der Waals surface area contributed by atoms with Crippen LogP contribution in [0, 0.1) is 0 Å². The molecule has 2 aliphatic rings. The predicted octanol–water partition coefficient (Wildman–Crippen LogP) is 0.975. The van der Waals surface area contributed by atoms with Gasteiger partial charge in [0.15, 0.2) is 0 Å². The molecule has 0 bridgehead atoms. The van der Waals surface area contributed by atoms with E-state index in [0.29, 0.717) is 13.1 Å². The maximum atomic E-state index is 13.0. The minimum atomic E-state index is -0.822. The number of primary amides is 1. The number of nitrogens with zero attached hydrogens (tertiary/aromatic N) is 2. The van der Waals surface area contributed by atoms with Crippen LogP contribution in [0.2, 0.25) is 0 Å². The van der Waals surface area contributed by atoms with Crippen LogP contribution in [0.15, 0.2) is 30.5 Å². The summed E-state index contributed by atoms with van der Waals surface area (Å²) in [7, 11) is 1.35. The molecule has 0 spiro atoms. The molecule has 2 atom stereocenters. The zero-order valence-electron chi connectivity index (χ0n) is 17.6. The number of benzene rings is 1. The van der Waals surface area contributed by atoms with E-state index in [0.717, 1.165) is 36.0 Å². The molecule has 2 aromatic rings. The van der Waals surface area contributed by atoms with E-state index in [1.807, 2.05) is 18.2 Å². The molecule has 2 aliphatic heterocycles. The van der Waals surface area contributed by atoms with Crippen molar-refractivity contribution in [2.24, 2.45) is 5.73 Å². The number of piperidine rings is 1. The Balaban J connectivity index is 1.53. The van der Waals surface area contributed by atoms with Gasteiger partial charge in [0, 0.05) is 13.1 Å². The molecular formula is C22H25N5O5. The largest absolute Gasteiger partial charge is 0.480 e. The summed E-state index contributed by atoms with van der Waals surface area (Å²) in [6.45, 7) is 1.01. The zero-order valence-corrected chi connectivity index (χ0v) is 17.6. The van der Waals surface area contributed by atoms with Gasteiger partial charge in [-0.25, -0.2) is 4.98 Å². The molecule has 1 aromatic carbocycles. The highest BCUT2D eigenvalue weighted by molar-refractivity contribution is 6.39. The lowest BCUT2D eigenvalue weighted by atomic mass is 9.92. The second kappa shape index (κ2) is 8.93. The van der Waals surface area contributed by atoms with Crippen molar-refractivity contribution in [2.75, 3.05) is 19.0 Å². The van der Waals surface area contributed by atoms with Crippen molar-refractivity contribution >= 4 is 23.4 Å². The average Bonchev–Trinajstić information content (AvgIpc) is 3.18. The van der Waals surface area contributed by atoms with Gasteiger partial charge < -0.3 is 25.8 Å². The first-order valence-electron chi connectivity index (χ1n) is 10.4. The number of likely N-dealkylation sites (tertiary alicyclic amines) is 1. The summed E-state index contributed by atoms with van der Waals surface area (Å²) in [5.41, 5.74) is 8.25. The summed E-state index contributed by atoms with van der Waals surface area (Å²) in [6.07, 6.45) is 3.10. The van der Waals surface area contributed by atoms with Gasteiger partial charge in [-0.1, -0.05) is 18.2 Å². The van der Waals surface area contributed by atoms with E-state index in [2.05, 4.69) is 15.6 Å². The lowest BCUT2D eigenvalue weighted by molar-refractivity contribution is -0.145. The molecule has 4 rings (SSSR count). The summed E-state index contributed by atoms with van der Waals surface area (Å²) in [5, 5.41) is 15.4. The minimum Gasteiger partial charge on any atom is -0.480 e. The lowest BCUT2D eigenvalue weighted by Gasteiger charge is -2.35. The molecule has 5 N–H and O–H groups in total. The molecule has 10 nitrogen and oxygen atoms in total. The molecule has 0 saturated carbocycles. The number of aliphatic hydroxyl groups excluding tert-OH is 1. The number of hydrogen-bond acceptors (Lipinski definition) is 7. The van der Waals surface area contributed by atoms with Crippen LogP contribution < -0.4 is 21.1 Å². The Hall–Kier alpha value is -3.50. The fourth-order valence-corrected chi connectivity index (χ4v) is 4.27. The zero-order chi connectivity index (χ0) is 22.8. The van der Waals surface area contributed by atoms with Crippen LogP contribution in [0.25, 0.3) is 0 Å². The van der Waals surface area contributed by atoms with E-state index in [9.17, 15) is 19.5 Å². The Morgan fingerprint density at radius 2 is 2.09 bits per heavy atom. The molecule has 0 radical (unpaired) electrons. The Labute approximate surface area is 184 Å². The first kappa shape index (κ1) is 21.7. The van der Waals surface area contributed by atoms with Crippen molar-refractivity contribution in [3.05, 3.63) is 52.7 Å². The highest BCUT2D eigenvalue weighted by Crippen LogP contribution is 2.34. The SMILES string of the molecule is COc1ncc(NC(=O)C(=O)N2CCCC[C@H]2c2ccc3c(c2)CNC3O)cc1C(N)=O. The molecular weight excluding hydrogens is 414 g/mol. The molecule has 1 fully saturated rings. The van der Waals surface area contributed by atoms with Gasteiger partial charge >= 0.3 is 11.8 Å². The normalized spacial score (nSPS) is 19.9. The van der Waals surface area contributed by atoms with Crippen molar-refractivity contribution in [3.8, 4) is 5.88 Å². The molecule has 168 valence electrons. The van der Waals surface area contributed by atoms with E-state index in [1.54, 1.807) is 4.90 Å². The topological polar surface area (TPSA) is 147 Å². The second-order valence-electron chi connectivity index (χ2n) is 7.85. The maximum absolute atomic E-state index is 13.0. The van der Waals surface area contributed by atoms with E-state index < -0.39 is 23.9 Å². The smallest absolute Gasteiger partial charge is 0.313 e. The van der Waals surface area contributed by atoms with Crippen LogP contribution in [0.4, 0.5) is 5.69 Å². The third kappa shape index (κ3) is 4.14. The summed E-state index contributed by atoms with van der Waals surface area (Å²) in [5.74, 6) is -2.21. The number of hydrogen-bond donors (Lipinski definition) is 4. The van der Waals surface area contributed by atoms with Crippen molar-refractivity contribution in [1.29, 1.82) is 0 Å². The van der Waals surface area contributed by atoms with Crippen molar-refractivity contribution in [3.63, 3.8) is 0 Å². The molecule has 0 aliphatic carbocycles. The Kier molecular flexibility index (Phi) is 6.06. The predicted molar refractivity (Wildman–Crippen MR) is 114 cm³/mol. The van der Waals surface area contributed by atoms with Gasteiger partial charge in [-0.2, -0.15) is 0 Å². The van der Waals surface area contributed by atoms with Gasteiger partial charge in [0.2, 0.25) is 5.88 Å². The fraction of sp³-hybridized carbons (Fsp3) is 0.364. The van der Waals surface area contributed by atoms with Crippen molar-refractivity contribution in [2.45, 2.75) is 38.1 Å². The number of nitrogens with one attached hydrogen (secondary N) is 2. The maximum Gasteiger partial charge on any atom is 0.313 e. The van der Waals surface area contributed by atoms with E-state index in [4.69, 9.17) is 10.5 Å². The van der Waals surface area contributed by atoms with Gasteiger partial charge in [-0.15, -0.1) is 0 Å². The number of ether oxygens (including phenoxy) is 1. The monoisotopic (exact) mass is 439 g/mol. The number of pyridine rings is 1. The van der Waals surface area contributed by atoms with Crippen LogP contribution in [0.1, 0.15) is 58.6 Å². The molecule has 1 unspecified atom stereocenters. The fourth-order valence-electron chi connectivity index (χ4n) is 4.27. The number of fused-ring (bicyclic) bond motifs is 1. The molecule has 10 heteroatoms. The Bertz CT molecular complexity index is 1070. The lowest BCUT2D eigenvalue weighted by Crippen LogP contribution is -2.44. The van der Waals surface area contributed by atoms with Crippen LogP contribution in [-0.4, -0.2) is 46.4 Å². The summed E-state index contributed by atoms with van der Waals surface area (Å²) in [6, 6.07) is 6.84. The minimum absolute atomic E-state index is 0.00235. The van der Waals surface area contributed by atoms with Crippen molar-refractivity contribution < 1.29 is 24.2 Å². The average molecular weight is 439 g/mol. The van der Waals surface area contributed by atoms with Crippen LogP contribution in [0.3, 0.4) is 0 Å². The van der Waals surface area contributed by atoms with Crippen molar-refractivity contribution in [1.82, 2.24) is 15.2 Å². The number of carbonyl (C=O) groups is 3. The van der Waals surface area contributed by atoms with Gasteiger partial charge in [0.1, 0.15) is 11.8 Å². The molecule has 32 heavy (non-hydrogen) atoms. The third-order valence-corrected chi connectivity index (χ3v) is 5.86. The summed E-state index contributed by atoms with van der Waals surface area (Å²) < 4.78 is 4.99. The van der Waals surface area contributed by atoms with Gasteiger partial charge in [-0.05, 0) is 42.0 Å². The van der Waals surface area contributed by atoms with E-state index >= 15 is 0 Å². The summed E-state index contributed by atoms with van der Waals surface area (Å²) in [4.78, 5) is 42.9. The van der Waals surface area contributed by atoms with Crippen LogP contribution in [0.5, 0.6) is 5.88 Å². The van der Waals surface area contributed by atoms with E-state index in [-0.39, 0.29) is 23.2 Å².